The first kappa shape index (κ1) is 28.3. The molecule has 0 spiro atoms. The van der Waals surface area contributed by atoms with Crippen molar-refractivity contribution in [2.45, 2.75) is 52.7 Å². The molecule has 10 heteroatoms. The van der Waals surface area contributed by atoms with Gasteiger partial charge in [0.05, 0.1) is 5.69 Å². The molecule has 0 unspecified atom stereocenters. The van der Waals surface area contributed by atoms with E-state index in [4.69, 9.17) is 0 Å². The summed E-state index contributed by atoms with van der Waals surface area (Å²) in [5, 5.41) is 2.86. The number of anilines is 1. The Morgan fingerprint density at radius 3 is 2.11 bits per heavy atom. The van der Waals surface area contributed by atoms with Gasteiger partial charge >= 0.3 is 10.2 Å². The molecule has 0 aliphatic rings. The smallest absolute Gasteiger partial charge is 0.304 e. The molecule has 8 nitrogen and oxygen atoms in total. The van der Waals surface area contributed by atoms with Gasteiger partial charge in [-0.1, -0.05) is 42.0 Å². The SMILES string of the molecule is Cc1ccc(CN(C(=O)CN(c2ccccc2F)S(=O)(=O)N(C)C)[C@@H](C)C(=O)NC(C)(C)C)cc1. The lowest BCUT2D eigenvalue weighted by Crippen LogP contribution is -2.55. The van der Waals surface area contributed by atoms with Crippen molar-refractivity contribution in [3.8, 4) is 0 Å². The number of hydrogen-bond acceptors (Lipinski definition) is 4. The summed E-state index contributed by atoms with van der Waals surface area (Å²) in [5.74, 6) is -1.81. The molecule has 0 aromatic heterocycles. The first-order valence-electron chi connectivity index (χ1n) is 11.2. The summed E-state index contributed by atoms with van der Waals surface area (Å²) in [7, 11) is -1.61. The highest BCUT2D eigenvalue weighted by molar-refractivity contribution is 7.90. The molecule has 0 heterocycles. The Morgan fingerprint density at radius 1 is 1.03 bits per heavy atom. The third-order valence-electron chi connectivity index (χ3n) is 5.28. The van der Waals surface area contributed by atoms with Gasteiger partial charge in [0.25, 0.3) is 0 Å². The molecule has 0 bridgehead atoms. The molecule has 1 N–H and O–H groups in total. The summed E-state index contributed by atoms with van der Waals surface area (Å²) in [5.41, 5.74) is 1.02. The molecular formula is C25H35FN4O4S. The molecule has 2 aromatic rings. The van der Waals surface area contributed by atoms with E-state index in [1.54, 1.807) is 6.92 Å². The lowest BCUT2D eigenvalue weighted by molar-refractivity contribution is -0.140. The van der Waals surface area contributed by atoms with Crippen LogP contribution in [-0.2, 0) is 26.3 Å². The number of aryl methyl sites for hydroxylation is 1. The number of nitrogens with one attached hydrogen (secondary N) is 1. The van der Waals surface area contributed by atoms with Crippen LogP contribution in [0.2, 0.25) is 0 Å². The minimum absolute atomic E-state index is 0.0744. The third-order valence-corrected chi connectivity index (χ3v) is 7.08. The zero-order valence-corrected chi connectivity index (χ0v) is 22.2. The van der Waals surface area contributed by atoms with Crippen molar-refractivity contribution in [1.29, 1.82) is 0 Å². The van der Waals surface area contributed by atoms with Crippen LogP contribution in [0.3, 0.4) is 0 Å². The molecule has 0 saturated carbocycles. The highest BCUT2D eigenvalue weighted by Crippen LogP contribution is 2.24. The van der Waals surface area contributed by atoms with E-state index in [-0.39, 0.29) is 18.1 Å². The highest BCUT2D eigenvalue weighted by atomic mass is 32.2. The largest absolute Gasteiger partial charge is 0.350 e. The number of carbonyl (C=O) groups excluding carboxylic acids is 2. The molecule has 2 aromatic carbocycles. The second-order valence-corrected chi connectivity index (χ2v) is 11.7. The maximum atomic E-state index is 14.6. The van der Waals surface area contributed by atoms with Crippen LogP contribution in [0.1, 0.15) is 38.8 Å². The van der Waals surface area contributed by atoms with Crippen molar-refractivity contribution < 1.29 is 22.4 Å². The van der Waals surface area contributed by atoms with Gasteiger partial charge in [0.15, 0.2) is 0 Å². The van der Waals surface area contributed by atoms with Crippen LogP contribution in [0.15, 0.2) is 48.5 Å². The standard InChI is InChI=1S/C25H35FN4O4S/c1-18-12-14-20(15-13-18)16-29(19(2)24(32)27-25(3,4)5)23(31)17-30(35(33,34)28(6)7)22-11-9-8-10-21(22)26/h8-15,19H,16-17H2,1-7H3,(H,27,32)/t19-/m0/s1. The topological polar surface area (TPSA) is 90.0 Å². The summed E-state index contributed by atoms with van der Waals surface area (Å²) in [6.45, 7) is 8.39. The van der Waals surface area contributed by atoms with Crippen LogP contribution in [0, 0.1) is 12.7 Å². The molecule has 192 valence electrons. The summed E-state index contributed by atoms with van der Waals surface area (Å²) in [6, 6.07) is 11.9. The summed E-state index contributed by atoms with van der Waals surface area (Å²) in [4.78, 5) is 27.9. The first-order valence-corrected chi connectivity index (χ1v) is 12.6. The average molecular weight is 507 g/mol. The molecule has 0 fully saturated rings. The fourth-order valence-corrected chi connectivity index (χ4v) is 4.37. The van der Waals surface area contributed by atoms with Gasteiger partial charge in [-0.25, -0.2) is 8.70 Å². The molecule has 0 aliphatic heterocycles. The second-order valence-electron chi connectivity index (χ2n) is 9.67. The third kappa shape index (κ3) is 7.50. The molecule has 35 heavy (non-hydrogen) atoms. The molecule has 2 amide bonds. The van der Waals surface area contributed by atoms with Crippen molar-refractivity contribution in [1.82, 2.24) is 14.5 Å². The summed E-state index contributed by atoms with van der Waals surface area (Å²) >= 11 is 0. The second kappa shape index (κ2) is 11.2. The van der Waals surface area contributed by atoms with Crippen LogP contribution >= 0.6 is 0 Å². The van der Waals surface area contributed by atoms with E-state index in [1.165, 1.54) is 37.2 Å². The fraction of sp³-hybridized carbons (Fsp3) is 0.440. The predicted octanol–water partition coefficient (Wildman–Crippen LogP) is 3.08. The van der Waals surface area contributed by atoms with Gasteiger partial charge in [-0.2, -0.15) is 12.7 Å². The first-order chi connectivity index (χ1) is 16.1. The number of hydrogen-bond donors (Lipinski definition) is 1. The van der Waals surface area contributed by atoms with Crippen molar-refractivity contribution in [3.63, 3.8) is 0 Å². The lowest BCUT2D eigenvalue weighted by atomic mass is 10.1. The minimum Gasteiger partial charge on any atom is -0.350 e. The van der Waals surface area contributed by atoms with Crippen LogP contribution in [0.4, 0.5) is 10.1 Å². The van der Waals surface area contributed by atoms with Crippen LogP contribution in [0.25, 0.3) is 0 Å². The van der Waals surface area contributed by atoms with Crippen molar-refractivity contribution in [2.24, 2.45) is 0 Å². The van der Waals surface area contributed by atoms with Crippen molar-refractivity contribution in [3.05, 3.63) is 65.5 Å². The summed E-state index contributed by atoms with van der Waals surface area (Å²) in [6.07, 6.45) is 0. The van der Waals surface area contributed by atoms with Crippen molar-refractivity contribution >= 4 is 27.7 Å². The van der Waals surface area contributed by atoms with Crippen LogP contribution < -0.4 is 9.62 Å². The van der Waals surface area contributed by atoms with Crippen LogP contribution in [-0.4, -0.2) is 61.7 Å². The summed E-state index contributed by atoms with van der Waals surface area (Å²) < 4.78 is 42.4. The van der Waals surface area contributed by atoms with Crippen LogP contribution in [0.5, 0.6) is 0 Å². The Hall–Kier alpha value is -2.98. The lowest BCUT2D eigenvalue weighted by Gasteiger charge is -2.34. The molecule has 2 rings (SSSR count). The quantitative estimate of drug-likeness (QED) is 0.566. The minimum atomic E-state index is -4.22. The Labute approximate surface area is 207 Å². The monoisotopic (exact) mass is 506 g/mol. The normalized spacial score (nSPS) is 12.8. The van der Waals surface area contributed by atoms with E-state index in [2.05, 4.69) is 5.32 Å². The maximum Gasteiger partial charge on any atom is 0.304 e. The number of rotatable bonds is 9. The van der Waals surface area contributed by atoms with E-state index < -0.39 is 40.1 Å². The van der Waals surface area contributed by atoms with Gasteiger partial charge in [-0.3, -0.25) is 9.59 Å². The molecule has 0 aliphatic carbocycles. The zero-order chi connectivity index (χ0) is 26.6. The highest BCUT2D eigenvalue weighted by Gasteiger charge is 2.34. The predicted molar refractivity (Wildman–Crippen MR) is 135 cm³/mol. The Balaban J connectivity index is 2.48. The van der Waals surface area contributed by atoms with E-state index in [9.17, 15) is 22.4 Å². The molecule has 0 radical (unpaired) electrons. The number of benzene rings is 2. The van der Waals surface area contributed by atoms with Gasteiger partial charge < -0.3 is 10.2 Å². The van der Waals surface area contributed by atoms with Crippen molar-refractivity contribution in [2.75, 3.05) is 24.9 Å². The van der Waals surface area contributed by atoms with Gasteiger partial charge in [-0.15, -0.1) is 0 Å². The number of nitrogens with zero attached hydrogens (tertiary/aromatic N) is 3. The van der Waals surface area contributed by atoms with Gasteiger partial charge in [0, 0.05) is 26.2 Å². The van der Waals surface area contributed by atoms with E-state index in [0.29, 0.717) is 0 Å². The number of halogens is 1. The van der Waals surface area contributed by atoms with Gasteiger partial charge in [0.2, 0.25) is 11.8 Å². The zero-order valence-electron chi connectivity index (χ0n) is 21.4. The van der Waals surface area contributed by atoms with E-state index >= 15 is 0 Å². The molecule has 1 atom stereocenters. The van der Waals surface area contributed by atoms with Gasteiger partial charge in [-0.05, 0) is 52.3 Å². The Morgan fingerprint density at radius 2 is 1.60 bits per heavy atom. The number of para-hydroxylation sites is 1. The van der Waals surface area contributed by atoms with E-state index in [0.717, 1.165) is 25.8 Å². The maximum absolute atomic E-state index is 14.6. The fourth-order valence-electron chi connectivity index (χ4n) is 3.30. The average Bonchev–Trinajstić information content (AvgIpc) is 2.75. The van der Waals surface area contributed by atoms with Gasteiger partial charge in [0.1, 0.15) is 18.4 Å². The number of carbonyl (C=O) groups is 2. The Bertz CT molecular complexity index is 1140. The molecule has 0 saturated heterocycles. The molecular weight excluding hydrogens is 471 g/mol. The Kier molecular flexibility index (Phi) is 9.02. The number of amides is 2. The van der Waals surface area contributed by atoms with E-state index in [1.807, 2.05) is 52.0 Å².